The molecule has 0 unspecified atom stereocenters. The fraction of sp³-hybridized carbons (Fsp3) is 0.0769. The standard InChI is InChI=1S/C13H13FN2O2S/c1-9-4-2-3-5-12(9)16-19(17,18)13-7-6-10(15)8-11(13)14/h2-8,16H,15H2,1H3. The van der Waals surface area contributed by atoms with Crippen LogP contribution in [0.15, 0.2) is 47.4 Å². The molecule has 2 aromatic carbocycles. The van der Waals surface area contributed by atoms with Gasteiger partial charge in [0.05, 0.1) is 5.69 Å². The second kappa shape index (κ2) is 4.89. The molecule has 100 valence electrons. The molecule has 0 aliphatic carbocycles. The van der Waals surface area contributed by atoms with Crippen LogP contribution in [0.25, 0.3) is 0 Å². The van der Waals surface area contributed by atoms with E-state index in [1.54, 1.807) is 31.2 Å². The molecule has 4 nitrogen and oxygen atoms in total. The molecule has 0 saturated heterocycles. The highest BCUT2D eigenvalue weighted by Crippen LogP contribution is 2.22. The van der Waals surface area contributed by atoms with Crippen molar-refractivity contribution in [2.24, 2.45) is 0 Å². The Morgan fingerprint density at radius 1 is 1.16 bits per heavy atom. The number of nitrogens with two attached hydrogens (primary N) is 1. The van der Waals surface area contributed by atoms with Gasteiger partial charge in [-0.15, -0.1) is 0 Å². The van der Waals surface area contributed by atoms with E-state index >= 15 is 0 Å². The molecule has 0 atom stereocenters. The molecule has 0 aliphatic heterocycles. The molecule has 0 aromatic heterocycles. The predicted octanol–water partition coefficient (Wildman–Crippen LogP) is 2.52. The lowest BCUT2D eigenvalue weighted by Crippen LogP contribution is -2.15. The monoisotopic (exact) mass is 280 g/mol. The maximum atomic E-state index is 13.7. The van der Waals surface area contributed by atoms with Gasteiger partial charge in [0.1, 0.15) is 10.7 Å². The first-order chi connectivity index (χ1) is 8.90. The van der Waals surface area contributed by atoms with Crippen LogP contribution < -0.4 is 10.5 Å². The van der Waals surface area contributed by atoms with Gasteiger partial charge in [-0.2, -0.15) is 0 Å². The first-order valence-electron chi connectivity index (χ1n) is 5.53. The zero-order valence-electron chi connectivity index (χ0n) is 10.2. The number of aryl methyl sites for hydroxylation is 1. The Labute approximate surface area is 111 Å². The fourth-order valence-electron chi connectivity index (χ4n) is 1.62. The summed E-state index contributed by atoms with van der Waals surface area (Å²) in [7, 11) is -3.96. The molecule has 0 amide bonds. The number of hydrogen-bond acceptors (Lipinski definition) is 3. The molecule has 0 fully saturated rings. The predicted molar refractivity (Wildman–Crippen MR) is 72.8 cm³/mol. The summed E-state index contributed by atoms with van der Waals surface area (Å²) in [5, 5.41) is 0. The summed E-state index contributed by atoms with van der Waals surface area (Å²) in [6.45, 7) is 1.76. The largest absolute Gasteiger partial charge is 0.399 e. The quantitative estimate of drug-likeness (QED) is 0.848. The van der Waals surface area contributed by atoms with E-state index in [4.69, 9.17) is 5.73 Å². The van der Waals surface area contributed by atoms with Gasteiger partial charge in [-0.25, -0.2) is 12.8 Å². The first-order valence-corrected chi connectivity index (χ1v) is 7.02. The van der Waals surface area contributed by atoms with Gasteiger partial charge < -0.3 is 5.73 Å². The number of anilines is 2. The number of rotatable bonds is 3. The average molecular weight is 280 g/mol. The molecule has 0 spiro atoms. The summed E-state index contributed by atoms with van der Waals surface area (Å²) in [5.41, 5.74) is 6.73. The van der Waals surface area contributed by atoms with E-state index in [9.17, 15) is 12.8 Å². The number of halogens is 1. The van der Waals surface area contributed by atoms with Gasteiger partial charge in [0.2, 0.25) is 0 Å². The summed E-state index contributed by atoms with van der Waals surface area (Å²) in [6.07, 6.45) is 0. The van der Waals surface area contributed by atoms with Crippen molar-refractivity contribution in [3.63, 3.8) is 0 Å². The zero-order chi connectivity index (χ0) is 14.0. The molecule has 2 rings (SSSR count). The van der Waals surface area contributed by atoms with Crippen LogP contribution in [0.4, 0.5) is 15.8 Å². The van der Waals surface area contributed by atoms with Gasteiger partial charge in [-0.05, 0) is 36.8 Å². The van der Waals surface area contributed by atoms with Gasteiger partial charge >= 0.3 is 0 Å². The molecule has 0 saturated carbocycles. The molecule has 19 heavy (non-hydrogen) atoms. The van der Waals surface area contributed by atoms with E-state index in [1.165, 1.54) is 6.07 Å². The number of benzene rings is 2. The average Bonchev–Trinajstić information content (AvgIpc) is 2.31. The Balaban J connectivity index is 2.41. The van der Waals surface area contributed by atoms with Gasteiger partial charge in [-0.1, -0.05) is 18.2 Å². The van der Waals surface area contributed by atoms with Crippen LogP contribution in [0.3, 0.4) is 0 Å². The summed E-state index contributed by atoms with van der Waals surface area (Å²) < 4.78 is 40.2. The van der Waals surface area contributed by atoms with Crippen molar-refractivity contribution in [2.75, 3.05) is 10.5 Å². The van der Waals surface area contributed by atoms with Crippen LogP contribution in [0.5, 0.6) is 0 Å². The van der Waals surface area contributed by atoms with Crippen molar-refractivity contribution in [1.29, 1.82) is 0 Å². The lowest BCUT2D eigenvalue weighted by molar-refractivity contribution is 0.571. The molecule has 0 aliphatic rings. The van der Waals surface area contributed by atoms with Crippen LogP contribution >= 0.6 is 0 Å². The Morgan fingerprint density at radius 3 is 2.47 bits per heavy atom. The van der Waals surface area contributed by atoms with Gasteiger partial charge in [0.15, 0.2) is 0 Å². The van der Waals surface area contributed by atoms with Crippen molar-refractivity contribution in [2.45, 2.75) is 11.8 Å². The Kier molecular flexibility index (Phi) is 3.44. The number of para-hydroxylation sites is 1. The van der Waals surface area contributed by atoms with E-state index in [1.807, 2.05) is 0 Å². The highest BCUT2D eigenvalue weighted by molar-refractivity contribution is 7.92. The molecular weight excluding hydrogens is 267 g/mol. The Bertz CT molecular complexity index is 714. The fourth-order valence-corrected chi connectivity index (χ4v) is 2.81. The minimum Gasteiger partial charge on any atom is -0.399 e. The summed E-state index contributed by atoms with van der Waals surface area (Å²) >= 11 is 0. The van der Waals surface area contributed by atoms with Crippen LogP contribution in [0, 0.1) is 12.7 Å². The smallest absolute Gasteiger partial charge is 0.264 e. The minimum atomic E-state index is -3.96. The van der Waals surface area contributed by atoms with Crippen molar-refractivity contribution in [3.8, 4) is 0 Å². The third kappa shape index (κ3) is 2.85. The number of nitrogens with one attached hydrogen (secondary N) is 1. The lowest BCUT2D eigenvalue weighted by atomic mass is 10.2. The number of hydrogen-bond donors (Lipinski definition) is 2. The van der Waals surface area contributed by atoms with Crippen LogP contribution in [-0.2, 0) is 10.0 Å². The Hall–Kier alpha value is -2.08. The van der Waals surface area contributed by atoms with E-state index in [2.05, 4.69) is 4.72 Å². The van der Waals surface area contributed by atoms with Gasteiger partial charge in [0.25, 0.3) is 10.0 Å². The summed E-state index contributed by atoms with van der Waals surface area (Å²) in [5.74, 6) is -0.874. The third-order valence-electron chi connectivity index (χ3n) is 2.63. The van der Waals surface area contributed by atoms with Gasteiger partial charge in [0, 0.05) is 5.69 Å². The zero-order valence-corrected chi connectivity index (χ0v) is 11.0. The molecule has 2 aromatic rings. The number of sulfonamides is 1. The van der Waals surface area contributed by atoms with E-state index in [0.29, 0.717) is 5.69 Å². The topological polar surface area (TPSA) is 72.2 Å². The van der Waals surface area contributed by atoms with E-state index in [-0.39, 0.29) is 5.69 Å². The van der Waals surface area contributed by atoms with Crippen molar-refractivity contribution in [1.82, 2.24) is 0 Å². The normalized spacial score (nSPS) is 11.3. The molecule has 6 heteroatoms. The molecule has 0 radical (unpaired) electrons. The second-order valence-electron chi connectivity index (χ2n) is 4.11. The Morgan fingerprint density at radius 2 is 1.84 bits per heavy atom. The van der Waals surface area contributed by atoms with Crippen molar-refractivity contribution < 1.29 is 12.8 Å². The maximum Gasteiger partial charge on any atom is 0.264 e. The molecule has 0 bridgehead atoms. The highest BCUT2D eigenvalue weighted by atomic mass is 32.2. The van der Waals surface area contributed by atoms with Crippen LogP contribution in [-0.4, -0.2) is 8.42 Å². The molecular formula is C13H13FN2O2S. The van der Waals surface area contributed by atoms with Crippen molar-refractivity contribution in [3.05, 3.63) is 53.8 Å². The number of nitrogen functional groups attached to an aromatic ring is 1. The lowest BCUT2D eigenvalue weighted by Gasteiger charge is -2.11. The SMILES string of the molecule is Cc1ccccc1NS(=O)(=O)c1ccc(N)cc1F. The van der Waals surface area contributed by atoms with Gasteiger partial charge in [-0.3, -0.25) is 4.72 Å². The third-order valence-corrected chi connectivity index (χ3v) is 4.03. The minimum absolute atomic E-state index is 0.173. The van der Waals surface area contributed by atoms with Crippen LogP contribution in [0.1, 0.15) is 5.56 Å². The maximum absolute atomic E-state index is 13.7. The second-order valence-corrected chi connectivity index (χ2v) is 5.76. The highest BCUT2D eigenvalue weighted by Gasteiger charge is 2.19. The molecule has 0 heterocycles. The van der Waals surface area contributed by atoms with E-state index in [0.717, 1.165) is 17.7 Å². The summed E-state index contributed by atoms with van der Waals surface area (Å²) in [4.78, 5) is -0.426. The first kappa shape index (κ1) is 13.4. The summed E-state index contributed by atoms with van der Waals surface area (Å²) in [6, 6.07) is 10.3. The van der Waals surface area contributed by atoms with Crippen molar-refractivity contribution >= 4 is 21.4 Å². The molecule has 3 N–H and O–H groups in total. The van der Waals surface area contributed by atoms with Crippen LogP contribution in [0.2, 0.25) is 0 Å². The van der Waals surface area contributed by atoms with E-state index < -0.39 is 20.7 Å².